The highest BCUT2D eigenvalue weighted by Crippen LogP contribution is 2.35. The van der Waals surface area contributed by atoms with E-state index in [1.54, 1.807) is 26.2 Å². The molecular formula is C24H33N7O8. The summed E-state index contributed by atoms with van der Waals surface area (Å²) in [5, 5.41) is 28.0. The number of nitro groups is 2. The van der Waals surface area contributed by atoms with Gasteiger partial charge in [0.1, 0.15) is 11.5 Å². The van der Waals surface area contributed by atoms with Crippen LogP contribution in [-0.4, -0.2) is 77.0 Å². The van der Waals surface area contributed by atoms with Crippen LogP contribution in [0, 0.1) is 27.2 Å². The predicted octanol–water partition coefficient (Wildman–Crippen LogP) is 3.33. The van der Waals surface area contributed by atoms with Crippen LogP contribution in [0.4, 0.5) is 11.4 Å². The zero-order valence-corrected chi connectivity index (χ0v) is 23.0. The van der Waals surface area contributed by atoms with E-state index in [1.165, 1.54) is 38.5 Å². The van der Waals surface area contributed by atoms with Crippen LogP contribution in [0.25, 0.3) is 11.4 Å². The molecule has 0 aliphatic heterocycles. The van der Waals surface area contributed by atoms with E-state index in [0.717, 1.165) is 0 Å². The lowest BCUT2D eigenvalue weighted by Gasteiger charge is -2.30. The molecule has 0 saturated heterocycles. The second kappa shape index (κ2) is 14.3. The number of hydrogen-bond acceptors (Lipinski definition) is 11. The first-order chi connectivity index (χ1) is 18.2. The smallest absolute Gasteiger partial charge is 0.311 e. The van der Waals surface area contributed by atoms with Gasteiger partial charge in [-0.05, 0) is 47.0 Å². The summed E-state index contributed by atoms with van der Waals surface area (Å²) < 4.78 is 14.9. The summed E-state index contributed by atoms with van der Waals surface area (Å²) in [7, 11) is 8.31. The molecule has 15 nitrogen and oxygen atoms in total. The first-order valence-electron chi connectivity index (χ1n) is 11.3. The van der Waals surface area contributed by atoms with E-state index < -0.39 is 15.8 Å². The minimum atomic E-state index is -0.759. The number of ether oxygens (including phenoxy) is 3. The number of aromatic nitrogens is 3. The molecule has 1 amide bonds. The third kappa shape index (κ3) is 8.72. The number of rotatable bonds is 8. The van der Waals surface area contributed by atoms with Crippen molar-refractivity contribution in [3.63, 3.8) is 0 Å². The molecular weight excluding hydrogens is 514 g/mol. The van der Waals surface area contributed by atoms with Crippen LogP contribution < -0.4 is 15.2 Å². The highest BCUT2D eigenvalue weighted by molar-refractivity contribution is 5.97. The van der Waals surface area contributed by atoms with Crippen LogP contribution in [0.5, 0.6) is 11.5 Å². The largest absolute Gasteiger partial charge is 0.490 e. The second-order valence-electron chi connectivity index (χ2n) is 8.38. The van der Waals surface area contributed by atoms with Crippen LogP contribution in [0.2, 0.25) is 0 Å². The fraction of sp³-hybridized carbons (Fsp3) is 0.375. The number of amides is 1. The molecule has 0 atom stereocenters. The molecule has 0 spiro atoms. The molecule has 1 heterocycles. The summed E-state index contributed by atoms with van der Waals surface area (Å²) in [6.45, 7) is 5.79. The number of primary amides is 1. The summed E-state index contributed by atoms with van der Waals surface area (Å²) in [6, 6.07) is 8.61. The minimum absolute atomic E-state index is 0.00157. The molecule has 15 heteroatoms. The molecule has 1 aromatic heterocycles. The number of benzene rings is 2. The Bertz CT molecular complexity index is 1260. The Balaban J connectivity index is 0.000000313. The molecule has 3 N–H and O–H groups in total. The Hall–Kier alpha value is -4.63. The van der Waals surface area contributed by atoms with Crippen LogP contribution in [0.1, 0.15) is 30.0 Å². The average molecular weight is 548 g/mol. The van der Waals surface area contributed by atoms with Gasteiger partial charge in [-0.15, -0.1) is 0 Å². The van der Waals surface area contributed by atoms with Crippen LogP contribution >= 0.6 is 0 Å². The third-order valence-electron chi connectivity index (χ3n) is 5.47. The monoisotopic (exact) mass is 547 g/mol. The molecule has 3 aromatic rings. The van der Waals surface area contributed by atoms with Crippen molar-refractivity contribution in [2.24, 2.45) is 5.73 Å². The normalized spacial score (nSPS) is 10.5. The Labute approximate surface area is 225 Å². The van der Waals surface area contributed by atoms with Crippen molar-refractivity contribution in [2.45, 2.75) is 26.5 Å². The number of nitrogens with one attached hydrogen (secondary N) is 1. The van der Waals surface area contributed by atoms with Gasteiger partial charge in [0.2, 0.25) is 11.5 Å². The van der Waals surface area contributed by atoms with Crippen molar-refractivity contribution in [3.8, 4) is 22.9 Å². The van der Waals surface area contributed by atoms with Crippen LogP contribution in [-0.2, 0) is 4.74 Å². The lowest BCUT2D eigenvalue weighted by molar-refractivity contribution is -0.385. The predicted molar refractivity (Wildman–Crippen MR) is 143 cm³/mol. The van der Waals surface area contributed by atoms with Gasteiger partial charge in [0, 0.05) is 19.2 Å². The number of para-hydroxylation sites is 2. The number of H-pyrrole nitrogens is 1. The maximum Gasteiger partial charge on any atom is 0.311 e. The van der Waals surface area contributed by atoms with Crippen LogP contribution in [0.15, 0.2) is 36.4 Å². The highest BCUT2D eigenvalue weighted by Gasteiger charge is 2.22. The number of nitrogens with zero attached hydrogens (tertiary/aromatic N) is 5. The molecule has 0 radical (unpaired) electrons. The number of aromatic amines is 1. The molecule has 212 valence electrons. The van der Waals surface area contributed by atoms with E-state index in [0.29, 0.717) is 17.2 Å². The topological polar surface area (TPSA) is 202 Å². The molecule has 0 aliphatic carbocycles. The number of carbonyl (C=O) groups is 1. The van der Waals surface area contributed by atoms with Gasteiger partial charge in [-0.2, -0.15) is 5.10 Å². The molecule has 0 fully saturated rings. The summed E-state index contributed by atoms with van der Waals surface area (Å²) in [6.07, 6.45) is 0. The zero-order valence-electron chi connectivity index (χ0n) is 23.0. The van der Waals surface area contributed by atoms with Gasteiger partial charge in [0.05, 0.1) is 35.2 Å². The second-order valence-corrected chi connectivity index (χ2v) is 8.38. The number of nitrogens with two attached hydrogens (primary N) is 1. The fourth-order valence-corrected chi connectivity index (χ4v) is 2.78. The summed E-state index contributed by atoms with van der Waals surface area (Å²) in [5.74, 6) is 0.309. The molecule has 39 heavy (non-hydrogen) atoms. The zero-order chi connectivity index (χ0) is 29.9. The molecule has 0 saturated carbocycles. The van der Waals surface area contributed by atoms with Crippen molar-refractivity contribution in [2.75, 3.05) is 35.4 Å². The van der Waals surface area contributed by atoms with Crippen molar-refractivity contribution in [1.82, 2.24) is 20.1 Å². The molecule has 0 unspecified atom stereocenters. The Kier molecular flexibility index (Phi) is 11.9. The Morgan fingerprint density at radius 2 is 1.49 bits per heavy atom. The van der Waals surface area contributed by atoms with E-state index in [-0.39, 0.29) is 34.2 Å². The Morgan fingerprint density at radius 1 is 0.974 bits per heavy atom. The molecule has 0 bridgehead atoms. The van der Waals surface area contributed by atoms with Gasteiger partial charge in [0.15, 0.2) is 5.82 Å². The molecule has 2 aromatic carbocycles. The standard InChI is InChI=1S/C10H10N4O3.C8H8N2O4.C6H15NO/c1-6-11-10(13-12-6)7-4-3-5-8(14(15)16)9(7)17-2;1-14-7-5(8(9)11)3-2-4-6(7)10(12)13;1-6(2,8-5)7(3)4/h3-5H,1-2H3,(H,11,12,13);2-4H,1H3,(H2,9,11);1-5H3. The van der Waals surface area contributed by atoms with E-state index in [1.807, 2.05) is 32.8 Å². The summed E-state index contributed by atoms with van der Waals surface area (Å²) >= 11 is 0. The average Bonchev–Trinajstić information content (AvgIpc) is 3.33. The summed E-state index contributed by atoms with van der Waals surface area (Å²) in [5.41, 5.74) is 5.01. The summed E-state index contributed by atoms with van der Waals surface area (Å²) in [4.78, 5) is 37.3. The number of carbonyl (C=O) groups excluding carboxylic acids is 1. The maximum absolute atomic E-state index is 10.9. The molecule has 0 aliphatic rings. The van der Waals surface area contributed by atoms with Crippen molar-refractivity contribution in [3.05, 3.63) is 68.0 Å². The van der Waals surface area contributed by atoms with Crippen molar-refractivity contribution < 1.29 is 28.9 Å². The van der Waals surface area contributed by atoms with Gasteiger partial charge in [0.25, 0.3) is 5.91 Å². The fourth-order valence-electron chi connectivity index (χ4n) is 2.78. The number of aryl methyl sites for hydroxylation is 1. The van der Waals surface area contributed by atoms with Crippen molar-refractivity contribution in [1.29, 1.82) is 0 Å². The lowest BCUT2D eigenvalue weighted by Crippen LogP contribution is -2.39. The van der Waals surface area contributed by atoms with Crippen LogP contribution in [0.3, 0.4) is 0 Å². The number of nitro benzene ring substituents is 2. The Morgan fingerprint density at radius 3 is 1.85 bits per heavy atom. The van der Waals surface area contributed by atoms with E-state index >= 15 is 0 Å². The lowest BCUT2D eigenvalue weighted by atomic mass is 10.1. The van der Waals surface area contributed by atoms with E-state index in [4.69, 9.17) is 19.9 Å². The van der Waals surface area contributed by atoms with Gasteiger partial charge in [-0.3, -0.25) is 35.0 Å². The minimum Gasteiger partial charge on any atom is -0.490 e. The van der Waals surface area contributed by atoms with E-state index in [2.05, 4.69) is 15.2 Å². The van der Waals surface area contributed by atoms with Gasteiger partial charge < -0.3 is 19.9 Å². The third-order valence-corrected chi connectivity index (χ3v) is 5.47. The van der Waals surface area contributed by atoms with Crippen molar-refractivity contribution >= 4 is 17.3 Å². The first kappa shape index (κ1) is 32.4. The van der Waals surface area contributed by atoms with E-state index in [9.17, 15) is 25.0 Å². The number of hydrogen-bond donors (Lipinski definition) is 2. The maximum atomic E-state index is 10.9. The first-order valence-corrected chi connectivity index (χ1v) is 11.3. The quantitative estimate of drug-likeness (QED) is 0.238. The molecule has 3 rings (SSSR count). The van der Waals surface area contributed by atoms with Gasteiger partial charge in [-0.25, -0.2) is 4.98 Å². The highest BCUT2D eigenvalue weighted by atomic mass is 16.6. The number of methoxy groups -OCH3 is 3. The van der Waals surface area contributed by atoms with Gasteiger partial charge in [-0.1, -0.05) is 12.1 Å². The van der Waals surface area contributed by atoms with Gasteiger partial charge >= 0.3 is 11.4 Å². The SMILES string of the molecule is COC(C)(C)N(C)C.COc1c(-c2n[nH]c(C)n2)cccc1[N+](=O)[O-].COc1c(C(N)=O)cccc1[N+](=O)[O-].